The lowest BCUT2D eigenvalue weighted by atomic mass is 10.1. The van der Waals surface area contributed by atoms with E-state index in [1.807, 2.05) is 0 Å². The quantitative estimate of drug-likeness (QED) is 0.560. The molecule has 0 saturated carbocycles. The molecule has 1 aromatic carbocycles. The first kappa shape index (κ1) is 21.2. The first-order chi connectivity index (χ1) is 12.2. The van der Waals surface area contributed by atoms with Crippen molar-refractivity contribution in [2.24, 2.45) is 0 Å². The van der Waals surface area contributed by atoms with Gasteiger partial charge in [-0.25, -0.2) is 0 Å². The predicted octanol–water partition coefficient (Wildman–Crippen LogP) is 2.06. The smallest absolute Gasteiger partial charge is 0.406 e. The molecule has 6 nitrogen and oxygen atoms in total. The number of benzene rings is 1. The second-order valence-electron chi connectivity index (χ2n) is 5.29. The maximum absolute atomic E-state index is 12.7. The Kier molecular flexibility index (Phi) is 7.82. The molecule has 1 rings (SSSR count). The molecule has 0 atom stereocenters. The number of esters is 1. The van der Waals surface area contributed by atoms with Gasteiger partial charge in [0.15, 0.2) is 0 Å². The number of rotatable bonds is 8. The molecule has 0 aliphatic rings. The Hall–Kier alpha value is -2.84. The van der Waals surface area contributed by atoms with Crippen molar-refractivity contribution in [1.82, 2.24) is 10.2 Å². The minimum atomic E-state index is -4.60. The van der Waals surface area contributed by atoms with Gasteiger partial charge in [0.05, 0.1) is 13.5 Å². The number of carbonyl (C=O) groups is 3. The number of hydrogen-bond acceptors (Lipinski definition) is 4. The van der Waals surface area contributed by atoms with Crippen molar-refractivity contribution in [3.8, 4) is 0 Å². The van der Waals surface area contributed by atoms with Crippen LogP contribution in [0.4, 0.5) is 13.2 Å². The summed E-state index contributed by atoms with van der Waals surface area (Å²) in [4.78, 5) is 35.1. The third kappa shape index (κ3) is 7.37. The molecule has 0 saturated heterocycles. The van der Waals surface area contributed by atoms with Crippen molar-refractivity contribution in [2.45, 2.75) is 19.1 Å². The highest BCUT2D eigenvalue weighted by Gasteiger charge is 2.33. The zero-order chi connectivity index (χ0) is 19.7. The molecule has 0 aromatic heterocycles. The van der Waals surface area contributed by atoms with Gasteiger partial charge in [0.1, 0.15) is 6.54 Å². The van der Waals surface area contributed by atoms with Gasteiger partial charge < -0.3 is 15.0 Å². The molecule has 0 aliphatic heterocycles. The summed E-state index contributed by atoms with van der Waals surface area (Å²) in [6.45, 7) is 1.61. The molecule has 0 unspecified atom stereocenters. The van der Waals surface area contributed by atoms with E-state index in [2.05, 4.69) is 16.6 Å². The number of nitrogens with one attached hydrogen (secondary N) is 1. The minimum Gasteiger partial charge on any atom is -0.469 e. The fourth-order valence-corrected chi connectivity index (χ4v) is 2.01. The van der Waals surface area contributed by atoms with E-state index in [1.54, 1.807) is 0 Å². The molecule has 0 aliphatic carbocycles. The van der Waals surface area contributed by atoms with E-state index in [-0.39, 0.29) is 24.4 Å². The third-order valence-electron chi connectivity index (χ3n) is 3.32. The summed E-state index contributed by atoms with van der Waals surface area (Å²) in [7, 11) is 1.11. The summed E-state index contributed by atoms with van der Waals surface area (Å²) in [5.41, 5.74) is 0.701. The van der Waals surface area contributed by atoms with Crippen LogP contribution >= 0.6 is 0 Å². The average Bonchev–Trinajstić information content (AvgIpc) is 2.61. The Morgan fingerprint density at radius 2 is 1.85 bits per heavy atom. The van der Waals surface area contributed by atoms with E-state index in [0.717, 1.165) is 13.2 Å². The predicted molar refractivity (Wildman–Crippen MR) is 87.1 cm³/mol. The van der Waals surface area contributed by atoms with Gasteiger partial charge in [-0.05, 0) is 23.8 Å². The summed E-state index contributed by atoms with van der Waals surface area (Å²) in [5, 5.41) is 2.54. The molecule has 2 amide bonds. The number of carbonyl (C=O) groups excluding carboxylic acids is 3. The number of methoxy groups -OCH3 is 1. The van der Waals surface area contributed by atoms with Gasteiger partial charge in [-0.1, -0.05) is 18.7 Å². The molecule has 142 valence electrons. The van der Waals surface area contributed by atoms with Crippen LogP contribution in [0.1, 0.15) is 22.3 Å². The molecular weight excluding hydrogens is 353 g/mol. The first-order valence-corrected chi connectivity index (χ1v) is 7.58. The third-order valence-corrected chi connectivity index (χ3v) is 3.32. The molecule has 1 aromatic rings. The van der Waals surface area contributed by atoms with Crippen molar-refractivity contribution in [3.05, 3.63) is 48.0 Å². The van der Waals surface area contributed by atoms with Gasteiger partial charge in [-0.2, -0.15) is 13.2 Å². The van der Waals surface area contributed by atoms with Gasteiger partial charge in [-0.3, -0.25) is 14.4 Å². The molecule has 0 radical (unpaired) electrons. The Morgan fingerprint density at radius 3 is 2.35 bits per heavy atom. The molecule has 0 spiro atoms. The molecule has 0 heterocycles. The van der Waals surface area contributed by atoms with Gasteiger partial charge >= 0.3 is 12.1 Å². The van der Waals surface area contributed by atoms with Crippen LogP contribution in [-0.4, -0.2) is 49.1 Å². The maximum Gasteiger partial charge on any atom is 0.406 e. The van der Waals surface area contributed by atoms with Crippen molar-refractivity contribution in [2.75, 3.05) is 20.2 Å². The zero-order valence-electron chi connectivity index (χ0n) is 14.1. The Morgan fingerprint density at radius 1 is 1.23 bits per heavy atom. The fourth-order valence-electron chi connectivity index (χ4n) is 2.01. The number of halogens is 3. The zero-order valence-corrected chi connectivity index (χ0v) is 14.1. The van der Waals surface area contributed by atoms with Crippen LogP contribution in [0.5, 0.6) is 0 Å². The van der Waals surface area contributed by atoms with Crippen LogP contribution < -0.4 is 5.32 Å². The molecule has 0 fully saturated rings. The van der Waals surface area contributed by atoms with E-state index >= 15 is 0 Å². The highest BCUT2D eigenvalue weighted by molar-refractivity contribution is 5.94. The van der Waals surface area contributed by atoms with E-state index in [4.69, 9.17) is 0 Å². The van der Waals surface area contributed by atoms with Gasteiger partial charge in [0.2, 0.25) is 5.91 Å². The van der Waals surface area contributed by atoms with Crippen LogP contribution in [0.3, 0.4) is 0 Å². The highest BCUT2D eigenvalue weighted by Crippen LogP contribution is 2.19. The van der Waals surface area contributed by atoms with Gasteiger partial charge in [0, 0.05) is 18.7 Å². The molecule has 0 bridgehead atoms. The SMILES string of the molecule is C=CC(=O)NCc1ccc(C(=O)N(CCC(=O)OC)CC(F)(F)F)cc1. The lowest BCUT2D eigenvalue weighted by Gasteiger charge is -2.23. The number of ether oxygens (including phenoxy) is 1. The Labute approximate surface area is 148 Å². The monoisotopic (exact) mass is 372 g/mol. The summed E-state index contributed by atoms with van der Waals surface area (Å²) in [5.74, 6) is -1.93. The summed E-state index contributed by atoms with van der Waals surface area (Å²) in [6, 6.07) is 5.75. The molecular formula is C17H19F3N2O4. The van der Waals surface area contributed by atoms with E-state index in [9.17, 15) is 27.6 Å². The number of nitrogens with zero attached hydrogens (tertiary/aromatic N) is 1. The second kappa shape index (κ2) is 9.59. The minimum absolute atomic E-state index is 0.0397. The Balaban J connectivity index is 2.83. The van der Waals surface area contributed by atoms with Crippen LogP contribution in [0.15, 0.2) is 36.9 Å². The number of alkyl halides is 3. The van der Waals surface area contributed by atoms with Crippen molar-refractivity contribution in [3.63, 3.8) is 0 Å². The normalized spacial score (nSPS) is 10.8. The van der Waals surface area contributed by atoms with E-state index in [0.29, 0.717) is 10.5 Å². The molecule has 1 N–H and O–H groups in total. The lowest BCUT2D eigenvalue weighted by Crippen LogP contribution is -2.40. The van der Waals surface area contributed by atoms with Crippen LogP contribution in [0, 0.1) is 0 Å². The summed E-state index contributed by atoms with van der Waals surface area (Å²) >= 11 is 0. The number of hydrogen-bond donors (Lipinski definition) is 1. The van der Waals surface area contributed by atoms with Crippen LogP contribution in [-0.2, 0) is 20.9 Å². The van der Waals surface area contributed by atoms with E-state index in [1.165, 1.54) is 24.3 Å². The van der Waals surface area contributed by atoms with Crippen LogP contribution in [0.25, 0.3) is 0 Å². The van der Waals surface area contributed by atoms with Crippen molar-refractivity contribution < 1.29 is 32.3 Å². The average molecular weight is 372 g/mol. The molecule has 26 heavy (non-hydrogen) atoms. The van der Waals surface area contributed by atoms with Gasteiger partial charge in [-0.15, -0.1) is 0 Å². The van der Waals surface area contributed by atoms with Crippen molar-refractivity contribution in [1.29, 1.82) is 0 Å². The number of amides is 2. The fraction of sp³-hybridized carbons (Fsp3) is 0.353. The standard InChI is InChI=1S/C17H19F3N2O4/c1-3-14(23)21-10-12-4-6-13(7-5-12)16(25)22(11-17(18,19)20)9-8-15(24)26-2/h3-7H,1,8-11H2,2H3,(H,21,23). The van der Waals surface area contributed by atoms with E-state index < -0.39 is 31.1 Å². The van der Waals surface area contributed by atoms with Crippen LogP contribution in [0.2, 0.25) is 0 Å². The largest absolute Gasteiger partial charge is 0.469 e. The maximum atomic E-state index is 12.7. The lowest BCUT2D eigenvalue weighted by molar-refractivity contribution is -0.147. The topological polar surface area (TPSA) is 75.7 Å². The van der Waals surface area contributed by atoms with Gasteiger partial charge in [0.25, 0.3) is 5.91 Å². The summed E-state index contributed by atoms with van der Waals surface area (Å²) in [6.07, 6.45) is -3.83. The van der Waals surface area contributed by atoms with Crippen molar-refractivity contribution >= 4 is 17.8 Å². The molecule has 9 heteroatoms. The summed E-state index contributed by atoms with van der Waals surface area (Å²) < 4.78 is 42.5. The highest BCUT2D eigenvalue weighted by atomic mass is 19.4. The Bertz CT molecular complexity index is 657. The second-order valence-corrected chi connectivity index (χ2v) is 5.29. The first-order valence-electron chi connectivity index (χ1n) is 7.58.